The molecule has 0 aliphatic heterocycles. The predicted octanol–water partition coefficient (Wildman–Crippen LogP) is 3.48. The Morgan fingerprint density at radius 3 is 2.22 bits per heavy atom. The zero-order chi connectivity index (χ0) is 16.4. The molecule has 3 aromatic rings. The highest BCUT2D eigenvalue weighted by molar-refractivity contribution is 6.12. The predicted molar refractivity (Wildman–Crippen MR) is 87.6 cm³/mol. The van der Waals surface area contributed by atoms with Crippen molar-refractivity contribution in [2.75, 3.05) is 14.2 Å². The van der Waals surface area contributed by atoms with Crippen molar-refractivity contribution in [1.82, 2.24) is 4.98 Å². The lowest BCUT2D eigenvalue weighted by Gasteiger charge is -2.10. The molecule has 5 heteroatoms. The summed E-state index contributed by atoms with van der Waals surface area (Å²) in [6.07, 6.45) is 1.45. The number of carbonyl (C=O) groups excluding carboxylic acids is 2. The van der Waals surface area contributed by atoms with Gasteiger partial charge in [0, 0.05) is 11.6 Å². The van der Waals surface area contributed by atoms with Crippen LogP contribution in [0.5, 0.6) is 11.5 Å². The zero-order valence-corrected chi connectivity index (χ0v) is 12.8. The van der Waals surface area contributed by atoms with Crippen LogP contribution in [0, 0.1) is 0 Å². The fraction of sp³-hybridized carbons (Fsp3) is 0.111. The molecule has 116 valence electrons. The van der Waals surface area contributed by atoms with Gasteiger partial charge in [-0.25, -0.2) is 0 Å². The lowest BCUT2D eigenvalue weighted by atomic mass is 10.00. The quantitative estimate of drug-likeness (QED) is 0.733. The molecule has 0 saturated heterocycles. The Balaban J connectivity index is 2.49. The highest BCUT2D eigenvalue weighted by Gasteiger charge is 2.22. The monoisotopic (exact) mass is 309 g/mol. The average molecular weight is 309 g/mol. The molecule has 0 aliphatic carbocycles. The number of carbonyl (C=O) groups is 2. The normalized spacial score (nSPS) is 10.5. The van der Waals surface area contributed by atoms with Crippen molar-refractivity contribution < 1.29 is 19.1 Å². The number of nitrogens with one attached hydrogen (secondary N) is 1. The molecule has 1 aromatic heterocycles. The molecule has 1 N–H and O–H groups in total. The van der Waals surface area contributed by atoms with Crippen LogP contribution in [-0.2, 0) is 0 Å². The summed E-state index contributed by atoms with van der Waals surface area (Å²) in [5.74, 6) is 0.924. The van der Waals surface area contributed by atoms with Crippen LogP contribution >= 0.6 is 0 Å². The van der Waals surface area contributed by atoms with Crippen molar-refractivity contribution in [3.8, 4) is 22.6 Å². The second-order valence-corrected chi connectivity index (χ2v) is 4.96. The van der Waals surface area contributed by atoms with Crippen LogP contribution < -0.4 is 9.47 Å². The smallest absolute Gasteiger partial charge is 0.166 e. The van der Waals surface area contributed by atoms with E-state index in [0.29, 0.717) is 45.5 Å². The van der Waals surface area contributed by atoms with Gasteiger partial charge in [-0.1, -0.05) is 30.3 Å². The van der Waals surface area contributed by atoms with E-state index in [1.165, 1.54) is 14.2 Å². The van der Waals surface area contributed by atoms with E-state index in [-0.39, 0.29) is 0 Å². The lowest BCUT2D eigenvalue weighted by molar-refractivity contribution is 0.111. The van der Waals surface area contributed by atoms with Crippen LogP contribution in [0.2, 0.25) is 0 Å². The number of rotatable bonds is 5. The van der Waals surface area contributed by atoms with Gasteiger partial charge < -0.3 is 14.5 Å². The molecule has 5 nitrogen and oxygen atoms in total. The molecule has 0 radical (unpaired) electrons. The van der Waals surface area contributed by atoms with Gasteiger partial charge in [0.2, 0.25) is 0 Å². The summed E-state index contributed by atoms with van der Waals surface area (Å²) in [6.45, 7) is 0. The van der Waals surface area contributed by atoms with E-state index in [2.05, 4.69) is 4.98 Å². The molecule has 0 bridgehead atoms. The fourth-order valence-electron chi connectivity index (χ4n) is 2.80. The van der Waals surface area contributed by atoms with E-state index in [9.17, 15) is 9.59 Å². The largest absolute Gasteiger partial charge is 0.496 e. The van der Waals surface area contributed by atoms with Crippen molar-refractivity contribution in [3.63, 3.8) is 0 Å². The lowest BCUT2D eigenvalue weighted by Crippen LogP contribution is -1.95. The number of hydrogen-bond acceptors (Lipinski definition) is 4. The van der Waals surface area contributed by atoms with Crippen LogP contribution in [-0.4, -0.2) is 31.8 Å². The van der Waals surface area contributed by atoms with Crippen molar-refractivity contribution in [3.05, 3.63) is 47.7 Å². The topological polar surface area (TPSA) is 68.4 Å². The maximum Gasteiger partial charge on any atom is 0.166 e. The third kappa shape index (κ3) is 2.26. The standard InChI is InChI=1S/C18H15NO4/c1-22-14-8-15(23-2)17-16(11-6-4-3-5-7-11)13(10-21)19-18(17)12(14)9-20/h3-10,19H,1-2H3. The molecule has 1 heterocycles. The molecular formula is C18H15NO4. The molecule has 0 unspecified atom stereocenters. The van der Waals surface area contributed by atoms with Crippen LogP contribution in [0.25, 0.3) is 22.0 Å². The van der Waals surface area contributed by atoms with Gasteiger partial charge in [0.05, 0.1) is 36.4 Å². The van der Waals surface area contributed by atoms with Gasteiger partial charge in [0.25, 0.3) is 0 Å². The number of fused-ring (bicyclic) bond motifs is 1. The number of hydrogen-bond donors (Lipinski definition) is 1. The van der Waals surface area contributed by atoms with E-state index in [4.69, 9.17) is 9.47 Å². The van der Waals surface area contributed by atoms with Gasteiger partial charge in [0.15, 0.2) is 12.6 Å². The number of aromatic nitrogens is 1. The molecule has 23 heavy (non-hydrogen) atoms. The molecule has 0 spiro atoms. The maximum absolute atomic E-state index is 11.5. The first-order chi connectivity index (χ1) is 11.2. The Morgan fingerprint density at radius 2 is 1.65 bits per heavy atom. The second kappa shape index (κ2) is 5.96. The molecule has 0 amide bonds. The van der Waals surface area contributed by atoms with Gasteiger partial charge in [-0.2, -0.15) is 0 Å². The summed E-state index contributed by atoms with van der Waals surface area (Å²) in [6, 6.07) is 11.1. The van der Waals surface area contributed by atoms with Crippen LogP contribution in [0.1, 0.15) is 20.8 Å². The summed E-state index contributed by atoms with van der Waals surface area (Å²) < 4.78 is 10.7. The average Bonchev–Trinajstić information content (AvgIpc) is 3.00. The van der Waals surface area contributed by atoms with E-state index in [1.54, 1.807) is 6.07 Å². The zero-order valence-electron chi connectivity index (χ0n) is 12.8. The fourth-order valence-corrected chi connectivity index (χ4v) is 2.80. The second-order valence-electron chi connectivity index (χ2n) is 4.96. The van der Waals surface area contributed by atoms with Crippen molar-refractivity contribution in [2.24, 2.45) is 0 Å². The van der Waals surface area contributed by atoms with Crippen molar-refractivity contribution in [2.45, 2.75) is 0 Å². The minimum atomic E-state index is 0.355. The Hall–Kier alpha value is -3.08. The van der Waals surface area contributed by atoms with E-state index < -0.39 is 0 Å². The SMILES string of the molecule is COc1cc(OC)c2c(-c3ccccc3)c(C=O)[nH]c2c1C=O. The summed E-state index contributed by atoms with van der Waals surface area (Å²) in [7, 11) is 3.02. The molecule has 3 rings (SSSR count). The summed E-state index contributed by atoms with van der Waals surface area (Å²) in [4.78, 5) is 26.1. The number of ether oxygens (including phenoxy) is 2. The summed E-state index contributed by atoms with van der Waals surface area (Å²) >= 11 is 0. The van der Waals surface area contributed by atoms with Gasteiger partial charge in [-0.05, 0) is 5.56 Å². The molecule has 0 atom stereocenters. The van der Waals surface area contributed by atoms with Crippen LogP contribution in [0.3, 0.4) is 0 Å². The minimum absolute atomic E-state index is 0.355. The first-order valence-electron chi connectivity index (χ1n) is 7.01. The molecule has 0 fully saturated rings. The molecule has 0 saturated carbocycles. The van der Waals surface area contributed by atoms with Gasteiger partial charge in [0.1, 0.15) is 11.5 Å². The van der Waals surface area contributed by atoms with Gasteiger partial charge >= 0.3 is 0 Å². The minimum Gasteiger partial charge on any atom is -0.496 e. The van der Waals surface area contributed by atoms with E-state index in [1.807, 2.05) is 30.3 Å². The van der Waals surface area contributed by atoms with Gasteiger partial charge in [-0.15, -0.1) is 0 Å². The highest BCUT2D eigenvalue weighted by Crippen LogP contribution is 2.42. The first kappa shape index (κ1) is 14.8. The summed E-state index contributed by atoms with van der Waals surface area (Å²) in [5.41, 5.74) is 2.84. The Labute approximate surface area is 132 Å². The van der Waals surface area contributed by atoms with Crippen LogP contribution in [0.4, 0.5) is 0 Å². The van der Waals surface area contributed by atoms with E-state index >= 15 is 0 Å². The number of aromatic amines is 1. The Bertz CT molecular complexity index is 881. The third-order valence-corrected chi connectivity index (χ3v) is 3.81. The highest BCUT2D eigenvalue weighted by atomic mass is 16.5. The molecular weight excluding hydrogens is 294 g/mol. The Morgan fingerprint density at radius 1 is 0.957 bits per heavy atom. The van der Waals surface area contributed by atoms with E-state index in [0.717, 1.165) is 11.8 Å². The van der Waals surface area contributed by atoms with Crippen molar-refractivity contribution >= 4 is 23.5 Å². The van der Waals surface area contributed by atoms with Crippen LogP contribution in [0.15, 0.2) is 36.4 Å². The van der Waals surface area contributed by atoms with Crippen molar-refractivity contribution in [1.29, 1.82) is 0 Å². The number of methoxy groups -OCH3 is 2. The number of benzene rings is 2. The number of aldehydes is 2. The summed E-state index contributed by atoms with van der Waals surface area (Å²) in [5, 5.41) is 0.684. The maximum atomic E-state index is 11.5. The molecule has 0 aliphatic rings. The number of H-pyrrole nitrogens is 1. The molecule has 2 aromatic carbocycles. The first-order valence-corrected chi connectivity index (χ1v) is 7.01. The van der Waals surface area contributed by atoms with Gasteiger partial charge in [-0.3, -0.25) is 9.59 Å². The third-order valence-electron chi connectivity index (χ3n) is 3.81. The Kier molecular flexibility index (Phi) is 3.85.